The van der Waals surface area contributed by atoms with Gasteiger partial charge in [-0.15, -0.1) is 0 Å². The van der Waals surface area contributed by atoms with Crippen molar-refractivity contribution in [1.29, 1.82) is 0 Å². The summed E-state index contributed by atoms with van der Waals surface area (Å²) in [6.45, 7) is 1.45. The highest BCUT2D eigenvalue weighted by atomic mass is 19.1. The first-order chi connectivity index (χ1) is 15.5. The van der Waals surface area contributed by atoms with Crippen molar-refractivity contribution in [3.8, 4) is 0 Å². The Morgan fingerprint density at radius 2 is 1.76 bits per heavy atom. The molecule has 8 nitrogen and oxygen atoms in total. The SMILES string of the molecule is C.OC1CCC(Nc2ncc3nc(Nc4c(F)cc(F)cc4F)n([C@H]4CCNC4)c3n2)CC1. The number of aromatic nitrogens is 4. The lowest BCUT2D eigenvalue weighted by molar-refractivity contribution is 0.126. The maximum atomic E-state index is 14.3. The van der Waals surface area contributed by atoms with Gasteiger partial charge in [0.1, 0.15) is 17.0 Å². The third-order valence-corrected chi connectivity index (χ3v) is 6.11. The van der Waals surface area contributed by atoms with E-state index in [4.69, 9.17) is 0 Å². The van der Waals surface area contributed by atoms with Crippen LogP contribution in [0.15, 0.2) is 18.3 Å². The van der Waals surface area contributed by atoms with Gasteiger partial charge in [0.15, 0.2) is 17.3 Å². The number of imidazole rings is 1. The molecule has 1 atom stereocenters. The molecule has 0 bridgehead atoms. The zero-order valence-electron chi connectivity index (χ0n) is 17.3. The zero-order valence-corrected chi connectivity index (χ0v) is 17.3. The van der Waals surface area contributed by atoms with E-state index < -0.39 is 23.1 Å². The zero-order chi connectivity index (χ0) is 22.2. The van der Waals surface area contributed by atoms with E-state index >= 15 is 0 Å². The third kappa shape index (κ3) is 4.74. The molecule has 1 aromatic carbocycles. The smallest absolute Gasteiger partial charge is 0.224 e. The van der Waals surface area contributed by atoms with Gasteiger partial charge in [-0.25, -0.2) is 23.1 Å². The van der Waals surface area contributed by atoms with E-state index in [2.05, 4.69) is 30.9 Å². The lowest BCUT2D eigenvalue weighted by Crippen LogP contribution is -2.29. The van der Waals surface area contributed by atoms with Gasteiger partial charge in [-0.2, -0.15) is 4.98 Å². The molecule has 0 unspecified atom stereocenters. The quantitative estimate of drug-likeness (QED) is 0.456. The summed E-state index contributed by atoms with van der Waals surface area (Å²) in [5, 5.41) is 19.0. The van der Waals surface area contributed by atoms with Gasteiger partial charge < -0.3 is 21.1 Å². The van der Waals surface area contributed by atoms with Crippen LogP contribution in [-0.2, 0) is 0 Å². The van der Waals surface area contributed by atoms with Gasteiger partial charge in [-0.3, -0.25) is 4.57 Å². The molecule has 2 aromatic heterocycles. The molecule has 1 aliphatic heterocycles. The van der Waals surface area contributed by atoms with Crippen LogP contribution in [0.1, 0.15) is 45.6 Å². The summed E-state index contributed by atoms with van der Waals surface area (Å²) in [6.07, 6.45) is 5.22. The average Bonchev–Trinajstić information content (AvgIpc) is 3.39. The number of fused-ring (bicyclic) bond motifs is 1. The summed E-state index contributed by atoms with van der Waals surface area (Å²) >= 11 is 0. The second kappa shape index (κ2) is 9.52. The van der Waals surface area contributed by atoms with Crippen LogP contribution < -0.4 is 16.0 Å². The van der Waals surface area contributed by atoms with Gasteiger partial charge in [-0.05, 0) is 38.6 Å². The fourth-order valence-corrected chi connectivity index (χ4v) is 4.43. The first kappa shape index (κ1) is 23.2. The van der Waals surface area contributed by atoms with Crippen LogP contribution in [0.25, 0.3) is 11.2 Å². The molecule has 1 saturated heterocycles. The minimum atomic E-state index is -1.04. The van der Waals surface area contributed by atoms with Gasteiger partial charge in [-0.1, -0.05) is 7.43 Å². The number of nitrogens with zero attached hydrogens (tertiary/aromatic N) is 4. The second-order valence-corrected chi connectivity index (χ2v) is 8.37. The molecule has 0 amide bonds. The molecule has 0 radical (unpaired) electrons. The van der Waals surface area contributed by atoms with Gasteiger partial charge in [0, 0.05) is 24.7 Å². The van der Waals surface area contributed by atoms with Crippen molar-refractivity contribution in [1.82, 2.24) is 24.8 Å². The second-order valence-electron chi connectivity index (χ2n) is 8.37. The number of hydrogen-bond acceptors (Lipinski definition) is 7. The van der Waals surface area contributed by atoms with E-state index in [0.717, 1.165) is 38.6 Å². The van der Waals surface area contributed by atoms with Crippen molar-refractivity contribution in [2.75, 3.05) is 23.7 Å². The highest BCUT2D eigenvalue weighted by Crippen LogP contribution is 2.31. The lowest BCUT2D eigenvalue weighted by atomic mass is 9.93. The number of nitrogens with one attached hydrogen (secondary N) is 3. The molecule has 11 heteroatoms. The summed E-state index contributed by atoms with van der Waals surface area (Å²) in [6, 6.07) is 1.39. The van der Waals surface area contributed by atoms with Crippen molar-refractivity contribution in [3.63, 3.8) is 0 Å². The molecule has 2 aliphatic rings. The topological polar surface area (TPSA) is 99.9 Å². The van der Waals surface area contributed by atoms with Crippen LogP contribution in [0.4, 0.5) is 30.8 Å². The predicted molar refractivity (Wildman–Crippen MR) is 120 cm³/mol. The molecule has 1 saturated carbocycles. The van der Waals surface area contributed by atoms with Crippen LogP contribution in [0.3, 0.4) is 0 Å². The van der Waals surface area contributed by atoms with E-state index in [-0.39, 0.29) is 31.6 Å². The van der Waals surface area contributed by atoms with Gasteiger partial charge in [0.05, 0.1) is 18.3 Å². The Hall–Kier alpha value is -2.92. The van der Waals surface area contributed by atoms with Crippen LogP contribution in [0.5, 0.6) is 0 Å². The number of hydrogen-bond donors (Lipinski definition) is 4. The van der Waals surface area contributed by atoms with E-state index in [0.29, 0.717) is 35.8 Å². The van der Waals surface area contributed by atoms with E-state index in [9.17, 15) is 18.3 Å². The fourth-order valence-electron chi connectivity index (χ4n) is 4.43. The molecule has 2 fully saturated rings. The highest BCUT2D eigenvalue weighted by molar-refractivity contribution is 5.76. The Balaban J connectivity index is 0.00000259. The highest BCUT2D eigenvalue weighted by Gasteiger charge is 2.26. The van der Waals surface area contributed by atoms with Crippen LogP contribution in [0, 0.1) is 17.5 Å². The van der Waals surface area contributed by atoms with Gasteiger partial charge >= 0.3 is 0 Å². The monoisotopic (exact) mass is 463 g/mol. The largest absolute Gasteiger partial charge is 0.393 e. The average molecular weight is 464 g/mol. The summed E-state index contributed by atoms with van der Waals surface area (Å²) in [5.41, 5.74) is 0.547. The maximum Gasteiger partial charge on any atom is 0.224 e. The molecule has 178 valence electrons. The Morgan fingerprint density at radius 1 is 1.03 bits per heavy atom. The predicted octanol–water partition coefficient (Wildman–Crippen LogP) is 3.87. The van der Waals surface area contributed by atoms with Gasteiger partial charge in [0.25, 0.3) is 0 Å². The van der Waals surface area contributed by atoms with Gasteiger partial charge in [0.2, 0.25) is 11.9 Å². The number of benzene rings is 1. The number of aliphatic hydroxyl groups is 1. The van der Waals surface area contributed by atoms with Crippen molar-refractivity contribution in [2.45, 2.75) is 57.7 Å². The Kier molecular flexibility index (Phi) is 6.71. The molecule has 33 heavy (non-hydrogen) atoms. The summed E-state index contributed by atoms with van der Waals surface area (Å²) in [7, 11) is 0. The van der Waals surface area contributed by atoms with E-state index in [1.54, 1.807) is 6.20 Å². The normalized spacial score (nSPS) is 22.8. The minimum Gasteiger partial charge on any atom is -0.393 e. The Morgan fingerprint density at radius 3 is 2.42 bits per heavy atom. The summed E-state index contributed by atoms with van der Waals surface area (Å²) < 4.78 is 43.7. The van der Waals surface area contributed by atoms with E-state index in [1.807, 2.05) is 4.57 Å². The van der Waals surface area contributed by atoms with Crippen molar-refractivity contribution < 1.29 is 18.3 Å². The Labute approximate surface area is 189 Å². The standard InChI is InChI=1S/C21H24F3N7O.CH4/c22-11-7-15(23)18(16(24)8-11)29-21-28-17-10-26-20(27-12-1-3-14(32)4-2-12)30-19(17)31(21)13-5-6-25-9-13;/h7-8,10,12-14,25,32H,1-6,9H2,(H,28,29)(H,26,27,30);1H4/t12?,13-,14?;/m0./s1. The molecule has 0 spiro atoms. The molecule has 3 aromatic rings. The molecule has 1 aliphatic carbocycles. The molecule has 4 N–H and O–H groups in total. The molecular weight excluding hydrogens is 435 g/mol. The third-order valence-electron chi connectivity index (χ3n) is 6.11. The lowest BCUT2D eigenvalue weighted by Gasteiger charge is -2.26. The first-order valence-electron chi connectivity index (χ1n) is 10.8. The molecule has 3 heterocycles. The Bertz CT molecular complexity index is 1100. The number of rotatable bonds is 5. The fraction of sp³-hybridized carbons (Fsp3) is 0.500. The van der Waals surface area contributed by atoms with Crippen molar-refractivity contribution in [3.05, 3.63) is 35.8 Å². The van der Waals surface area contributed by atoms with Crippen molar-refractivity contribution >= 4 is 28.7 Å². The van der Waals surface area contributed by atoms with E-state index in [1.165, 1.54) is 0 Å². The summed E-state index contributed by atoms with van der Waals surface area (Å²) in [5.74, 6) is -2.42. The molecule has 5 rings (SSSR count). The first-order valence-corrected chi connectivity index (χ1v) is 10.8. The van der Waals surface area contributed by atoms with Crippen LogP contribution in [-0.4, -0.2) is 49.9 Å². The minimum absolute atomic E-state index is 0. The number of anilines is 3. The molecular formula is C22H28F3N7O. The maximum absolute atomic E-state index is 14.3. The van der Waals surface area contributed by atoms with Crippen LogP contribution >= 0.6 is 0 Å². The van der Waals surface area contributed by atoms with Crippen molar-refractivity contribution in [2.24, 2.45) is 0 Å². The summed E-state index contributed by atoms with van der Waals surface area (Å²) in [4.78, 5) is 13.5. The number of halogens is 3. The van der Waals surface area contributed by atoms with Crippen LogP contribution in [0.2, 0.25) is 0 Å². The number of aliphatic hydroxyl groups excluding tert-OH is 1.